The Balaban J connectivity index is 2.28. The zero-order valence-electron chi connectivity index (χ0n) is 11.7. The molecule has 0 bridgehead atoms. The largest absolute Gasteiger partial charge is 0.396 e. The lowest BCUT2D eigenvalue weighted by molar-refractivity contribution is 0.244. The SMILES string of the molecule is Cc1nn(C)c(N2CCCC(CCO)C2)c1C(=N)N. The van der Waals surface area contributed by atoms with Gasteiger partial charge in [-0.15, -0.1) is 0 Å². The Morgan fingerprint density at radius 2 is 2.32 bits per heavy atom. The molecule has 2 rings (SSSR count). The van der Waals surface area contributed by atoms with Gasteiger partial charge in [-0.2, -0.15) is 5.10 Å². The fourth-order valence-corrected chi connectivity index (χ4v) is 3.00. The summed E-state index contributed by atoms with van der Waals surface area (Å²) in [6.45, 7) is 3.98. The Kier molecular flexibility index (Phi) is 4.09. The van der Waals surface area contributed by atoms with E-state index in [1.54, 1.807) is 0 Å². The van der Waals surface area contributed by atoms with Gasteiger partial charge < -0.3 is 15.7 Å². The molecule has 1 saturated heterocycles. The first kappa shape index (κ1) is 13.9. The zero-order chi connectivity index (χ0) is 14.0. The number of nitrogens with two attached hydrogens (primary N) is 1. The first-order chi connectivity index (χ1) is 9.04. The van der Waals surface area contributed by atoms with E-state index in [-0.39, 0.29) is 12.4 Å². The number of aryl methyl sites for hydroxylation is 2. The smallest absolute Gasteiger partial charge is 0.137 e. The molecule has 1 aromatic heterocycles. The molecule has 0 saturated carbocycles. The monoisotopic (exact) mass is 265 g/mol. The van der Waals surface area contributed by atoms with Crippen LogP contribution in [0.5, 0.6) is 0 Å². The number of aromatic nitrogens is 2. The fraction of sp³-hybridized carbons (Fsp3) is 0.692. The van der Waals surface area contributed by atoms with Crippen LogP contribution in [-0.4, -0.2) is 40.4 Å². The van der Waals surface area contributed by atoms with Crippen LogP contribution in [-0.2, 0) is 7.05 Å². The van der Waals surface area contributed by atoms with E-state index in [4.69, 9.17) is 16.2 Å². The molecule has 2 heterocycles. The minimum atomic E-state index is 0.0740. The highest BCUT2D eigenvalue weighted by Gasteiger charge is 2.26. The third kappa shape index (κ3) is 2.73. The lowest BCUT2D eigenvalue weighted by atomic mass is 9.95. The molecule has 0 radical (unpaired) electrons. The van der Waals surface area contributed by atoms with Crippen LogP contribution in [0.4, 0.5) is 5.82 Å². The molecule has 19 heavy (non-hydrogen) atoms. The molecule has 1 unspecified atom stereocenters. The third-order valence-corrected chi connectivity index (χ3v) is 3.82. The standard InChI is InChI=1S/C13H23N5O/c1-9-11(12(14)15)13(17(2)16-9)18-6-3-4-10(8-18)5-7-19/h10,19H,3-8H2,1-2H3,(H3,14,15). The van der Waals surface area contributed by atoms with E-state index in [0.717, 1.165) is 49.4 Å². The van der Waals surface area contributed by atoms with Gasteiger partial charge in [0.2, 0.25) is 0 Å². The first-order valence-corrected chi connectivity index (χ1v) is 6.78. The van der Waals surface area contributed by atoms with E-state index < -0.39 is 0 Å². The van der Waals surface area contributed by atoms with Crippen molar-refractivity contribution in [2.24, 2.45) is 18.7 Å². The van der Waals surface area contributed by atoms with Crippen LogP contribution in [0.1, 0.15) is 30.5 Å². The minimum Gasteiger partial charge on any atom is -0.396 e. The zero-order valence-corrected chi connectivity index (χ0v) is 11.7. The highest BCUT2D eigenvalue weighted by atomic mass is 16.3. The number of amidine groups is 1. The number of aliphatic hydroxyl groups is 1. The van der Waals surface area contributed by atoms with Crippen LogP contribution in [0.15, 0.2) is 0 Å². The van der Waals surface area contributed by atoms with Gasteiger partial charge in [-0.05, 0) is 32.1 Å². The molecule has 0 spiro atoms. The van der Waals surface area contributed by atoms with Crippen LogP contribution in [0.3, 0.4) is 0 Å². The first-order valence-electron chi connectivity index (χ1n) is 6.78. The number of aliphatic hydroxyl groups excluding tert-OH is 1. The molecule has 6 heteroatoms. The average molecular weight is 265 g/mol. The van der Waals surface area contributed by atoms with Crippen molar-refractivity contribution in [3.8, 4) is 0 Å². The minimum absolute atomic E-state index is 0.0740. The van der Waals surface area contributed by atoms with Crippen molar-refractivity contribution < 1.29 is 5.11 Å². The van der Waals surface area contributed by atoms with Crippen molar-refractivity contribution in [3.05, 3.63) is 11.3 Å². The van der Waals surface area contributed by atoms with Crippen LogP contribution in [0.2, 0.25) is 0 Å². The maximum atomic E-state index is 9.09. The molecular formula is C13H23N5O. The molecule has 1 aliphatic heterocycles. The molecule has 1 fully saturated rings. The molecule has 1 aliphatic rings. The van der Waals surface area contributed by atoms with E-state index in [1.165, 1.54) is 0 Å². The molecular weight excluding hydrogens is 242 g/mol. The van der Waals surface area contributed by atoms with Crippen molar-refractivity contribution in [2.45, 2.75) is 26.2 Å². The summed E-state index contributed by atoms with van der Waals surface area (Å²) in [5.74, 6) is 1.52. The van der Waals surface area contributed by atoms with Gasteiger partial charge in [0.1, 0.15) is 11.7 Å². The maximum Gasteiger partial charge on any atom is 0.137 e. The van der Waals surface area contributed by atoms with Gasteiger partial charge in [0, 0.05) is 26.7 Å². The van der Waals surface area contributed by atoms with E-state index in [9.17, 15) is 0 Å². The number of nitrogen functional groups attached to an aromatic ring is 1. The number of piperidine rings is 1. The summed E-state index contributed by atoms with van der Waals surface area (Å²) < 4.78 is 1.81. The number of rotatable bonds is 4. The topological polar surface area (TPSA) is 91.2 Å². The summed E-state index contributed by atoms with van der Waals surface area (Å²) in [7, 11) is 1.89. The Hall–Kier alpha value is -1.56. The Morgan fingerprint density at radius 3 is 2.95 bits per heavy atom. The summed E-state index contributed by atoms with van der Waals surface area (Å²) in [6.07, 6.45) is 3.10. The lowest BCUT2D eigenvalue weighted by Crippen LogP contribution is -2.38. The summed E-state index contributed by atoms with van der Waals surface area (Å²) >= 11 is 0. The van der Waals surface area contributed by atoms with Crippen LogP contribution >= 0.6 is 0 Å². The van der Waals surface area contributed by atoms with Crippen LogP contribution < -0.4 is 10.6 Å². The molecule has 0 aliphatic carbocycles. The number of nitrogens with one attached hydrogen (secondary N) is 1. The number of nitrogens with zero attached hydrogens (tertiary/aromatic N) is 3. The quantitative estimate of drug-likeness (QED) is 0.549. The van der Waals surface area contributed by atoms with E-state index in [1.807, 2.05) is 18.7 Å². The third-order valence-electron chi connectivity index (χ3n) is 3.82. The Bertz CT molecular complexity index is 466. The van der Waals surface area contributed by atoms with E-state index in [0.29, 0.717) is 5.92 Å². The van der Waals surface area contributed by atoms with Gasteiger partial charge in [-0.25, -0.2) is 0 Å². The van der Waals surface area contributed by atoms with Gasteiger partial charge in [0.25, 0.3) is 0 Å². The van der Waals surface area contributed by atoms with Crippen LogP contribution in [0.25, 0.3) is 0 Å². The number of anilines is 1. The summed E-state index contributed by atoms with van der Waals surface area (Å²) in [6, 6.07) is 0. The molecule has 6 nitrogen and oxygen atoms in total. The second-order valence-corrected chi connectivity index (χ2v) is 5.29. The summed E-state index contributed by atoms with van der Waals surface area (Å²) in [4.78, 5) is 2.25. The second-order valence-electron chi connectivity index (χ2n) is 5.29. The van der Waals surface area contributed by atoms with Crippen molar-refractivity contribution in [3.63, 3.8) is 0 Å². The van der Waals surface area contributed by atoms with Crippen molar-refractivity contribution in [1.82, 2.24) is 9.78 Å². The van der Waals surface area contributed by atoms with Crippen molar-refractivity contribution in [1.29, 1.82) is 5.41 Å². The number of hydrogen-bond acceptors (Lipinski definition) is 4. The predicted molar refractivity (Wildman–Crippen MR) is 75.6 cm³/mol. The van der Waals surface area contributed by atoms with Crippen molar-refractivity contribution in [2.75, 3.05) is 24.6 Å². The predicted octanol–water partition coefficient (Wildman–Crippen LogP) is 0.611. The van der Waals surface area contributed by atoms with Gasteiger partial charge in [-0.3, -0.25) is 10.1 Å². The highest BCUT2D eigenvalue weighted by Crippen LogP contribution is 2.28. The Morgan fingerprint density at radius 1 is 1.58 bits per heavy atom. The molecule has 0 amide bonds. The Labute approximate surface area is 113 Å². The second kappa shape index (κ2) is 5.61. The summed E-state index contributed by atoms with van der Waals surface area (Å²) in [5, 5.41) is 21.2. The van der Waals surface area contributed by atoms with Gasteiger partial charge >= 0.3 is 0 Å². The molecule has 1 aromatic rings. The van der Waals surface area contributed by atoms with E-state index in [2.05, 4.69) is 10.00 Å². The maximum absolute atomic E-state index is 9.09. The molecule has 1 atom stereocenters. The highest BCUT2D eigenvalue weighted by molar-refractivity contribution is 6.00. The van der Waals surface area contributed by atoms with E-state index >= 15 is 0 Å². The molecule has 106 valence electrons. The van der Waals surface area contributed by atoms with Gasteiger partial charge in [0.05, 0.1) is 11.3 Å². The number of hydrogen-bond donors (Lipinski definition) is 3. The van der Waals surface area contributed by atoms with Gasteiger partial charge in [0.15, 0.2) is 0 Å². The average Bonchev–Trinajstić information content (AvgIpc) is 2.65. The molecule has 0 aromatic carbocycles. The normalized spacial score (nSPS) is 19.7. The fourth-order valence-electron chi connectivity index (χ4n) is 3.00. The van der Waals surface area contributed by atoms with Crippen molar-refractivity contribution >= 4 is 11.7 Å². The molecule has 4 N–H and O–H groups in total. The van der Waals surface area contributed by atoms with Crippen LogP contribution in [0, 0.1) is 18.3 Å². The lowest BCUT2D eigenvalue weighted by Gasteiger charge is -2.34. The van der Waals surface area contributed by atoms with Gasteiger partial charge in [-0.1, -0.05) is 0 Å². The summed E-state index contributed by atoms with van der Waals surface area (Å²) in [5.41, 5.74) is 7.24.